The molecular weight excluding hydrogens is 207 g/mol. The van der Waals surface area contributed by atoms with E-state index in [2.05, 4.69) is 0 Å². The third-order valence-electron chi connectivity index (χ3n) is 1.41. The molecule has 0 saturated heterocycles. The van der Waals surface area contributed by atoms with Crippen molar-refractivity contribution >= 4 is 5.97 Å². The molecule has 4 N–H and O–H groups in total. The third kappa shape index (κ3) is 5.40. The summed E-state index contributed by atoms with van der Waals surface area (Å²) in [5.41, 5.74) is 0. The Labute approximate surface area is 118 Å². The summed E-state index contributed by atoms with van der Waals surface area (Å²) < 4.78 is 0. The monoisotopic (exact) mass is 218 g/mol. The quantitative estimate of drug-likeness (QED) is 0.348. The van der Waals surface area contributed by atoms with Gasteiger partial charge in [0.15, 0.2) is 0 Å². The maximum atomic E-state index is 9.95. The Hall–Kier alpha value is 0.946. The normalized spacial score (nSPS) is 19.5. The molecule has 6 nitrogen and oxygen atoms in total. The molecule has 13 heavy (non-hydrogen) atoms. The van der Waals surface area contributed by atoms with Crippen LogP contribution in [0.2, 0.25) is 0 Å². The fourth-order valence-corrected chi connectivity index (χ4v) is 0.612. The predicted octanol–water partition coefficient (Wildman–Crippen LogP) is -6.80. The maximum absolute atomic E-state index is 9.95. The van der Waals surface area contributed by atoms with Gasteiger partial charge in [-0.1, -0.05) is 0 Å². The van der Waals surface area contributed by atoms with E-state index in [0.29, 0.717) is 0 Å². The molecule has 0 bridgehead atoms. The summed E-state index contributed by atoms with van der Waals surface area (Å²) in [6.45, 7) is 1.15. The van der Waals surface area contributed by atoms with Crippen LogP contribution in [0.5, 0.6) is 0 Å². The Morgan fingerprint density at radius 3 is 1.77 bits per heavy atom. The molecule has 0 amide bonds. The molecule has 0 rings (SSSR count). The molecule has 7 heteroatoms. The van der Waals surface area contributed by atoms with Crippen LogP contribution in [0.1, 0.15) is 6.92 Å². The van der Waals surface area contributed by atoms with E-state index >= 15 is 0 Å². The summed E-state index contributed by atoms with van der Waals surface area (Å²) in [6.07, 6.45) is -7.18. The zero-order valence-electron chi connectivity index (χ0n) is 7.41. The van der Waals surface area contributed by atoms with Crippen LogP contribution in [0.3, 0.4) is 0 Å². The van der Waals surface area contributed by atoms with Gasteiger partial charge in [-0.2, -0.15) is 0 Å². The number of aliphatic carboxylic acids is 1. The zero-order valence-corrected chi connectivity index (χ0v) is 10.5. The van der Waals surface area contributed by atoms with E-state index in [-0.39, 0.29) is 51.4 Å². The van der Waals surface area contributed by atoms with Crippen molar-refractivity contribution < 1.29 is 81.7 Å². The van der Waals surface area contributed by atoms with Crippen LogP contribution in [0.4, 0.5) is 0 Å². The van der Waals surface area contributed by atoms with Crippen molar-refractivity contribution in [2.24, 2.45) is 0 Å². The third-order valence-corrected chi connectivity index (χ3v) is 1.41. The second-order valence-corrected chi connectivity index (χ2v) is 2.49. The first-order chi connectivity index (χ1) is 5.37. The van der Waals surface area contributed by atoms with Crippen LogP contribution >= 0.6 is 0 Å². The topological polar surface area (TPSA) is 121 Å². The number of aliphatic hydroxyl groups excluding tert-OH is 4. The van der Waals surface area contributed by atoms with Crippen LogP contribution in [-0.2, 0) is 4.79 Å². The minimum Gasteiger partial charge on any atom is -0.547 e. The number of carboxylic acids is 1. The molecule has 0 radical (unpaired) electrons. The first kappa shape index (κ1) is 16.4. The van der Waals surface area contributed by atoms with E-state index in [4.69, 9.17) is 20.4 Å². The van der Waals surface area contributed by atoms with Gasteiger partial charge in [0.2, 0.25) is 0 Å². The van der Waals surface area contributed by atoms with Gasteiger partial charge in [0.25, 0.3) is 0 Å². The number of hydrogen-bond acceptors (Lipinski definition) is 6. The van der Waals surface area contributed by atoms with Crippen molar-refractivity contribution in [3.8, 4) is 0 Å². The van der Waals surface area contributed by atoms with Crippen LogP contribution in [0.15, 0.2) is 0 Å². The molecular formula is C6H11KO6. The molecule has 0 aromatic carbocycles. The first-order valence-electron chi connectivity index (χ1n) is 3.31. The summed E-state index contributed by atoms with van der Waals surface area (Å²) in [7, 11) is 0. The molecule has 0 aliphatic heterocycles. The van der Waals surface area contributed by atoms with Crippen molar-refractivity contribution in [2.45, 2.75) is 31.3 Å². The van der Waals surface area contributed by atoms with Crippen molar-refractivity contribution in [1.82, 2.24) is 0 Å². The smallest absolute Gasteiger partial charge is 0.547 e. The number of rotatable bonds is 4. The van der Waals surface area contributed by atoms with Crippen LogP contribution < -0.4 is 56.5 Å². The van der Waals surface area contributed by atoms with Crippen LogP contribution in [0.25, 0.3) is 0 Å². The van der Waals surface area contributed by atoms with Crippen LogP contribution in [0, 0.1) is 0 Å². The van der Waals surface area contributed by atoms with Gasteiger partial charge in [-0.25, -0.2) is 0 Å². The molecule has 0 saturated carbocycles. The van der Waals surface area contributed by atoms with Crippen molar-refractivity contribution in [2.75, 3.05) is 0 Å². The average Bonchev–Trinajstić information content (AvgIpc) is 2.00. The molecule has 0 fully saturated rings. The van der Waals surface area contributed by atoms with Gasteiger partial charge < -0.3 is 30.3 Å². The van der Waals surface area contributed by atoms with Crippen molar-refractivity contribution in [3.63, 3.8) is 0 Å². The SMILES string of the molecule is C[C@@H](O)[C@H](O)[C@H](O)[C@@H](O)C(=O)[O-].[K+]. The molecule has 0 aromatic rings. The molecule has 0 spiro atoms. The number of carboxylic acid groups (broad SMARTS) is 1. The van der Waals surface area contributed by atoms with Crippen LogP contribution in [-0.4, -0.2) is 50.8 Å². The second kappa shape index (κ2) is 7.27. The van der Waals surface area contributed by atoms with E-state index in [0.717, 1.165) is 6.92 Å². The molecule has 0 aromatic heterocycles. The molecule has 0 heterocycles. The summed E-state index contributed by atoms with van der Waals surface area (Å²) in [5.74, 6) is -1.90. The predicted molar refractivity (Wildman–Crippen MR) is 34.7 cm³/mol. The second-order valence-electron chi connectivity index (χ2n) is 2.49. The Kier molecular flexibility index (Phi) is 9.15. The van der Waals surface area contributed by atoms with Crippen molar-refractivity contribution in [1.29, 1.82) is 0 Å². The van der Waals surface area contributed by atoms with E-state index < -0.39 is 30.4 Å². The van der Waals surface area contributed by atoms with Gasteiger partial charge in [0.1, 0.15) is 18.3 Å². The van der Waals surface area contributed by atoms with Crippen molar-refractivity contribution in [3.05, 3.63) is 0 Å². The minimum atomic E-state index is -2.20. The molecule has 72 valence electrons. The fourth-order valence-electron chi connectivity index (χ4n) is 0.612. The largest absolute Gasteiger partial charge is 1.00 e. The molecule has 0 unspecified atom stereocenters. The number of carbonyl (C=O) groups excluding carboxylic acids is 1. The Morgan fingerprint density at radius 1 is 1.15 bits per heavy atom. The number of hydrogen-bond donors (Lipinski definition) is 4. The summed E-state index contributed by atoms with van der Waals surface area (Å²) in [4.78, 5) is 9.95. The summed E-state index contributed by atoms with van der Waals surface area (Å²) >= 11 is 0. The van der Waals surface area contributed by atoms with Gasteiger partial charge in [-0.15, -0.1) is 0 Å². The van der Waals surface area contributed by atoms with Gasteiger partial charge in [-0.3, -0.25) is 0 Å². The standard InChI is InChI=1S/C6H12O6.K/c1-2(7)3(8)4(9)5(10)6(11)12;/h2-5,7-10H,1H3,(H,11,12);/q;+1/p-1/t2-,3+,4+,5-;/m1./s1. The molecule has 0 aliphatic carbocycles. The number of carbonyl (C=O) groups is 1. The van der Waals surface area contributed by atoms with Gasteiger partial charge >= 0.3 is 51.4 Å². The zero-order chi connectivity index (χ0) is 9.89. The average molecular weight is 218 g/mol. The Balaban J connectivity index is 0. The van der Waals surface area contributed by atoms with Gasteiger partial charge in [-0.05, 0) is 6.92 Å². The minimum absolute atomic E-state index is 0. The fraction of sp³-hybridized carbons (Fsp3) is 0.833. The van der Waals surface area contributed by atoms with E-state index in [9.17, 15) is 9.90 Å². The molecule has 4 atom stereocenters. The van der Waals surface area contributed by atoms with E-state index in [1.807, 2.05) is 0 Å². The van der Waals surface area contributed by atoms with E-state index in [1.165, 1.54) is 0 Å². The molecule has 0 aliphatic rings. The van der Waals surface area contributed by atoms with E-state index in [1.54, 1.807) is 0 Å². The Morgan fingerprint density at radius 2 is 1.54 bits per heavy atom. The van der Waals surface area contributed by atoms with Gasteiger partial charge in [0.05, 0.1) is 12.1 Å². The first-order valence-corrected chi connectivity index (χ1v) is 3.31. The summed E-state index contributed by atoms with van der Waals surface area (Å²) in [6, 6.07) is 0. The maximum Gasteiger partial charge on any atom is 1.00 e. The summed E-state index contributed by atoms with van der Waals surface area (Å²) in [5, 5.41) is 45.0. The number of aliphatic hydroxyl groups is 4. The Bertz CT molecular complexity index is 161. The van der Waals surface area contributed by atoms with Gasteiger partial charge in [0, 0.05) is 0 Å².